The van der Waals surface area contributed by atoms with Gasteiger partial charge < -0.3 is 11.5 Å². The zero-order valence-corrected chi connectivity index (χ0v) is 20.5. The summed E-state index contributed by atoms with van der Waals surface area (Å²) in [6, 6.07) is 18.9. The largest absolute Gasteiger partial charge is 0.369 e. The van der Waals surface area contributed by atoms with E-state index < -0.39 is 17.2 Å². The van der Waals surface area contributed by atoms with Crippen LogP contribution in [0.1, 0.15) is 58.9 Å². The Balaban J connectivity index is 1.57. The predicted molar refractivity (Wildman–Crippen MR) is 136 cm³/mol. The first kappa shape index (κ1) is 23.8. The van der Waals surface area contributed by atoms with Crippen LogP contribution >= 0.6 is 23.2 Å². The number of aromatic nitrogens is 1. The van der Waals surface area contributed by atoms with Crippen LogP contribution in [0.25, 0.3) is 0 Å². The highest BCUT2D eigenvalue weighted by Crippen LogP contribution is 2.52. The fraction of sp³-hybridized carbons (Fsp3) is 0.296. The normalized spacial score (nSPS) is 24.0. The number of fused-ring (bicyclic) bond motifs is 2. The van der Waals surface area contributed by atoms with Crippen molar-refractivity contribution in [3.63, 3.8) is 0 Å². The standard InChI is InChI=1S/C27H26Cl2N4O2/c28-21-7-3-1-5-19(21)24(20-6-2-4-8-22(20)29)33-17-10-11-18(33)14-27(13-17,26(31)35)23-12-9-16(15-32-23)25(30)34/h1-9,12,15,17-18,24H,10-11,13-14H2,(H2,30,34)(H2,31,35)/t17-,18+,27?. The number of pyridine rings is 1. The second kappa shape index (κ2) is 9.26. The van der Waals surface area contributed by atoms with E-state index in [-0.39, 0.29) is 18.1 Å². The molecule has 35 heavy (non-hydrogen) atoms. The van der Waals surface area contributed by atoms with Gasteiger partial charge in [-0.3, -0.25) is 19.5 Å². The monoisotopic (exact) mass is 508 g/mol. The average Bonchev–Trinajstić information content (AvgIpc) is 3.10. The molecular formula is C27H26Cl2N4O2. The Hall–Kier alpha value is -2.93. The van der Waals surface area contributed by atoms with E-state index in [0.717, 1.165) is 24.0 Å². The number of piperidine rings is 1. The first-order valence-electron chi connectivity index (χ1n) is 11.6. The van der Waals surface area contributed by atoms with E-state index in [4.69, 9.17) is 34.7 Å². The second-order valence-corrected chi connectivity index (χ2v) is 10.2. The van der Waals surface area contributed by atoms with Crippen LogP contribution in [0.5, 0.6) is 0 Å². The first-order chi connectivity index (χ1) is 16.8. The number of carbonyl (C=O) groups excluding carboxylic acids is 2. The molecule has 2 fully saturated rings. The molecule has 8 heteroatoms. The van der Waals surface area contributed by atoms with Gasteiger partial charge >= 0.3 is 0 Å². The lowest BCUT2D eigenvalue weighted by Crippen LogP contribution is -2.56. The minimum atomic E-state index is -0.927. The van der Waals surface area contributed by atoms with Crippen molar-refractivity contribution in [1.82, 2.24) is 9.88 Å². The fourth-order valence-corrected chi connectivity index (χ4v) is 6.43. The molecule has 2 amide bonds. The highest BCUT2D eigenvalue weighted by atomic mass is 35.5. The van der Waals surface area contributed by atoms with Crippen LogP contribution in [0.15, 0.2) is 66.9 Å². The van der Waals surface area contributed by atoms with Crippen molar-refractivity contribution in [2.45, 2.75) is 49.2 Å². The Kier molecular flexibility index (Phi) is 6.30. The molecule has 2 saturated heterocycles. The van der Waals surface area contributed by atoms with E-state index in [9.17, 15) is 9.59 Å². The molecule has 3 aromatic rings. The fourth-order valence-electron chi connectivity index (χ4n) is 5.95. The van der Waals surface area contributed by atoms with Crippen LogP contribution < -0.4 is 11.5 Å². The molecule has 0 radical (unpaired) electrons. The molecule has 180 valence electrons. The van der Waals surface area contributed by atoms with Gasteiger partial charge in [-0.2, -0.15) is 0 Å². The van der Waals surface area contributed by atoms with Crippen molar-refractivity contribution >= 4 is 35.0 Å². The number of primary amides is 2. The molecule has 5 rings (SSSR count). The zero-order chi connectivity index (χ0) is 24.7. The topological polar surface area (TPSA) is 102 Å². The van der Waals surface area contributed by atoms with Crippen molar-refractivity contribution in [1.29, 1.82) is 0 Å². The number of nitrogens with two attached hydrogens (primary N) is 2. The minimum Gasteiger partial charge on any atom is -0.369 e. The van der Waals surface area contributed by atoms with Gasteiger partial charge in [0.1, 0.15) is 0 Å². The van der Waals surface area contributed by atoms with Gasteiger partial charge in [0.05, 0.1) is 22.7 Å². The van der Waals surface area contributed by atoms with Crippen molar-refractivity contribution in [2.75, 3.05) is 0 Å². The highest BCUT2D eigenvalue weighted by Gasteiger charge is 2.55. The summed E-state index contributed by atoms with van der Waals surface area (Å²) in [5.41, 5.74) is 13.3. The van der Waals surface area contributed by atoms with E-state index in [1.165, 1.54) is 6.20 Å². The molecule has 3 heterocycles. The molecule has 0 aliphatic carbocycles. The molecule has 0 saturated carbocycles. The molecule has 4 N–H and O–H groups in total. The number of amides is 2. The number of hydrogen-bond acceptors (Lipinski definition) is 4. The second-order valence-electron chi connectivity index (χ2n) is 9.43. The van der Waals surface area contributed by atoms with Crippen LogP contribution in [-0.4, -0.2) is 33.8 Å². The summed E-state index contributed by atoms with van der Waals surface area (Å²) in [6.45, 7) is 0. The van der Waals surface area contributed by atoms with Crippen LogP contribution in [0, 0.1) is 0 Å². The van der Waals surface area contributed by atoms with Crippen molar-refractivity contribution in [2.24, 2.45) is 11.5 Å². The molecule has 3 atom stereocenters. The van der Waals surface area contributed by atoms with Crippen LogP contribution in [0.2, 0.25) is 10.0 Å². The minimum absolute atomic E-state index is 0.0661. The van der Waals surface area contributed by atoms with Crippen molar-refractivity contribution in [3.8, 4) is 0 Å². The van der Waals surface area contributed by atoms with Gasteiger partial charge in [-0.15, -0.1) is 0 Å². The number of carbonyl (C=O) groups is 2. The maximum absolute atomic E-state index is 13.0. The van der Waals surface area contributed by atoms with Crippen LogP contribution in [0.3, 0.4) is 0 Å². The summed E-state index contributed by atoms with van der Waals surface area (Å²) >= 11 is 13.4. The third kappa shape index (κ3) is 4.10. The van der Waals surface area contributed by atoms with Crippen molar-refractivity contribution < 1.29 is 9.59 Å². The summed E-state index contributed by atoms with van der Waals surface area (Å²) in [7, 11) is 0. The quantitative estimate of drug-likeness (QED) is 0.506. The molecule has 2 aliphatic heterocycles. The maximum atomic E-state index is 13.0. The van der Waals surface area contributed by atoms with E-state index in [1.54, 1.807) is 12.1 Å². The Labute approximate surface area is 214 Å². The third-order valence-corrected chi connectivity index (χ3v) is 8.24. The smallest absolute Gasteiger partial charge is 0.250 e. The lowest BCUT2D eigenvalue weighted by molar-refractivity contribution is -0.127. The molecule has 1 unspecified atom stereocenters. The lowest BCUT2D eigenvalue weighted by Gasteiger charge is -2.48. The summed E-state index contributed by atoms with van der Waals surface area (Å²) in [6.07, 6.45) is 4.31. The zero-order valence-electron chi connectivity index (χ0n) is 19.0. The maximum Gasteiger partial charge on any atom is 0.250 e. The third-order valence-electron chi connectivity index (χ3n) is 7.55. The number of rotatable bonds is 6. The summed E-state index contributed by atoms with van der Waals surface area (Å²) in [5, 5.41) is 1.35. The van der Waals surface area contributed by atoms with Crippen molar-refractivity contribution in [3.05, 3.63) is 99.3 Å². The molecule has 0 spiro atoms. The Bertz CT molecular complexity index is 1220. The molecule has 2 aliphatic rings. The van der Waals surface area contributed by atoms with Crippen LogP contribution in [-0.2, 0) is 10.2 Å². The molecule has 1 aromatic heterocycles. The van der Waals surface area contributed by atoms with Gasteiger partial charge in [0, 0.05) is 28.3 Å². The van der Waals surface area contributed by atoms with E-state index in [1.807, 2.05) is 48.5 Å². The average molecular weight is 509 g/mol. The molecule has 6 nitrogen and oxygen atoms in total. The predicted octanol–water partition coefficient (Wildman–Crippen LogP) is 4.63. The summed E-state index contributed by atoms with van der Waals surface area (Å²) < 4.78 is 0. The molecule has 2 bridgehead atoms. The summed E-state index contributed by atoms with van der Waals surface area (Å²) in [4.78, 5) is 31.4. The number of halogens is 2. The van der Waals surface area contributed by atoms with Gasteiger partial charge in [0.15, 0.2) is 0 Å². The number of benzene rings is 2. The Morgan fingerprint density at radius 1 is 0.886 bits per heavy atom. The lowest BCUT2D eigenvalue weighted by atomic mass is 9.70. The molecular weight excluding hydrogens is 483 g/mol. The van der Waals surface area contributed by atoms with Gasteiger partial charge in [0.2, 0.25) is 11.8 Å². The molecule has 2 aromatic carbocycles. The van der Waals surface area contributed by atoms with E-state index in [0.29, 0.717) is 34.1 Å². The van der Waals surface area contributed by atoms with E-state index >= 15 is 0 Å². The Morgan fingerprint density at radius 2 is 1.43 bits per heavy atom. The SMILES string of the molecule is NC(=O)c1ccc(C2(C(N)=O)C[C@H]3CC[C@@H](C2)N3C(c2ccccc2Cl)c2ccccc2Cl)nc1. The van der Waals surface area contributed by atoms with E-state index in [2.05, 4.69) is 9.88 Å². The number of nitrogens with zero attached hydrogens (tertiary/aromatic N) is 2. The van der Waals surface area contributed by atoms with Gasteiger partial charge in [-0.05, 0) is 61.1 Å². The Morgan fingerprint density at radius 3 is 1.86 bits per heavy atom. The summed E-state index contributed by atoms with van der Waals surface area (Å²) in [5.74, 6) is -0.963. The van der Waals surface area contributed by atoms with Gasteiger partial charge in [-0.1, -0.05) is 59.6 Å². The highest BCUT2D eigenvalue weighted by molar-refractivity contribution is 6.32. The van der Waals surface area contributed by atoms with Gasteiger partial charge in [0.25, 0.3) is 0 Å². The van der Waals surface area contributed by atoms with Gasteiger partial charge in [-0.25, -0.2) is 0 Å². The first-order valence-corrected chi connectivity index (χ1v) is 12.4. The number of hydrogen-bond donors (Lipinski definition) is 2. The van der Waals surface area contributed by atoms with Crippen LogP contribution in [0.4, 0.5) is 0 Å².